The Labute approximate surface area is 119 Å². The second-order valence-corrected chi connectivity index (χ2v) is 6.39. The van der Waals surface area contributed by atoms with E-state index in [0.29, 0.717) is 0 Å². The number of nitrogens with two attached hydrogens (primary N) is 1. The monoisotopic (exact) mass is 303 g/mol. The second-order valence-electron chi connectivity index (χ2n) is 3.50. The van der Waals surface area contributed by atoms with E-state index in [-0.39, 0.29) is 6.04 Å². The van der Waals surface area contributed by atoms with E-state index in [2.05, 4.69) is 0 Å². The van der Waals surface area contributed by atoms with Crippen LogP contribution in [0.1, 0.15) is 10.9 Å². The largest absolute Gasteiger partial charge is 0.323 e. The van der Waals surface area contributed by atoms with Crippen molar-refractivity contribution in [1.29, 1.82) is 0 Å². The molecule has 0 aliphatic heterocycles. The minimum absolute atomic E-state index is 0.0248. The van der Waals surface area contributed by atoms with E-state index in [1.807, 2.05) is 35.7 Å². The highest BCUT2D eigenvalue weighted by Gasteiger charge is 2.11. The van der Waals surface area contributed by atoms with Gasteiger partial charge in [0.1, 0.15) is 0 Å². The number of hydrogen-bond donors (Lipinski definition) is 1. The Morgan fingerprint density at radius 3 is 2.47 bits per heavy atom. The molecule has 0 bridgehead atoms. The van der Waals surface area contributed by atoms with Gasteiger partial charge in [-0.05, 0) is 35.7 Å². The van der Waals surface area contributed by atoms with Crippen LogP contribution in [0, 0.1) is 0 Å². The third-order valence-corrected chi connectivity index (χ3v) is 5.10. The highest BCUT2D eigenvalue weighted by molar-refractivity contribution is 7.99. The Kier molecular flexibility index (Phi) is 4.77. The van der Waals surface area contributed by atoms with E-state index >= 15 is 0 Å². The zero-order chi connectivity index (χ0) is 12.3. The minimum atomic E-state index is -0.0248. The summed E-state index contributed by atoms with van der Waals surface area (Å²) >= 11 is 15.2. The lowest BCUT2D eigenvalue weighted by molar-refractivity contribution is 0.852. The van der Waals surface area contributed by atoms with Crippen LogP contribution in [0.15, 0.2) is 40.6 Å². The Hall–Kier alpha value is -0.190. The Bertz CT molecular complexity index is 482. The van der Waals surface area contributed by atoms with Crippen molar-refractivity contribution in [3.63, 3.8) is 0 Å². The molecule has 1 heterocycles. The summed E-state index contributed by atoms with van der Waals surface area (Å²) in [5, 5.41) is 3.48. The molecule has 2 rings (SSSR count). The van der Waals surface area contributed by atoms with Gasteiger partial charge in [0.15, 0.2) is 0 Å². The van der Waals surface area contributed by atoms with Crippen molar-refractivity contribution in [3.05, 3.63) is 50.6 Å². The quantitative estimate of drug-likeness (QED) is 0.817. The highest BCUT2D eigenvalue weighted by atomic mass is 35.5. The molecular weight excluding hydrogens is 293 g/mol. The van der Waals surface area contributed by atoms with Gasteiger partial charge in [-0.3, -0.25) is 0 Å². The number of rotatable bonds is 4. The Morgan fingerprint density at radius 2 is 1.88 bits per heavy atom. The molecule has 1 aromatic heterocycles. The number of halogens is 2. The summed E-state index contributed by atoms with van der Waals surface area (Å²) in [7, 11) is 0. The molecular formula is C12H11Cl2NS2. The van der Waals surface area contributed by atoms with Gasteiger partial charge in [0.25, 0.3) is 0 Å². The van der Waals surface area contributed by atoms with E-state index in [9.17, 15) is 0 Å². The van der Waals surface area contributed by atoms with Crippen LogP contribution in [-0.4, -0.2) is 5.75 Å². The van der Waals surface area contributed by atoms with Gasteiger partial charge >= 0.3 is 0 Å². The molecule has 0 fully saturated rings. The molecule has 2 aromatic rings. The fourth-order valence-electron chi connectivity index (χ4n) is 1.36. The lowest BCUT2D eigenvalue weighted by atomic mass is 10.3. The first kappa shape index (κ1) is 13.2. The summed E-state index contributed by atoms with van der Waals surface area (Å²) in [5.74, 6) is 0.807. The molecule has 17 heavy (non-hydrogen) atoms. The Balaban J connectivity index is 1.94. The van der Waals surface area contributed by atoms with Crippen LogP contribution in [0.25, 0.3) is 0 Å². The van der Waals surface area contributed by atoms with E-state index in [1.54, 1.807) is 23.1 Å². The average Bonchev–Trinajstić information content (AvgIpc) is 2.74. The molecule has 90 valence electrons. The van der Waals surface area contributed by atoms with E-state index in [0.717, 1.165) is 25.6 Å². The minimum Gasteiger partial charge on any atom is -0.323 e. The van der Waals surface area contributed by atoms with Crippen LogP contribution in [0.3, 0.4) is 0 Å². The summed E-state index contributed by atoms with van der Waals surface area (Å²) in [6.45, 7) is 0. The van der Waals surface area contributed by atoms with Gasteiger partial charge in [-0.2, -0.15) is 0 Å². The van der Waals surface area contributed by atoms with Crippen LogP contribution in [0.5, 0.6) is 0 Å². The molecule has 1 atom stereocenters. The lowest BCUT2D eigenvalue weighted by Crippen LogP contribution is -2.11. The molecule has 0 saturated carbocycles. The van der Waals surface area contributed by atoms with Crippen LogP contribution in [0.4, 0.5) is 0 Å². The molecule has 1 nitrogen and oxygen atoms in total. The van der Waals surface area contributed by atoms with Crippen LogP contribution >= 0.6 is 46.3 Å². The van der Waals surface area contributed by atoms with Crippen molar-refractivity contribution in [2.24, 2.45) is 5.73 Å². The van der Waals surface area contributed by atoms with Crippen LogP contribution in [0.2, 0.25) is 10.0 Å². The maximum atomic E-state index is 6.10. The van der Waals surface area contributed by atoms with Gasteiger partial charge in [-0.15, -0.1) is 23.1 Å². The molecule has 0 radical (unpaired) electrons. The van der Waals surface area contributed by atoms with Gasteiger partial charge < -0.3 is 5.73 Å². The van der Waals surface area contributed by atoms with Gasteiger partial charge in [0.2, 0.25) is 0 Å². The summed E-state index contributed by atoms with van der Waals surface area (Å²) in [5.41, 5.74) is 6.10. The van der Waals surface area contributed by atoms with Crippen LogP contribution < -0.4 is 5.73 Å². The summed E-state index contributed by atoms with van der Waals surface area (Å²) < 4.78 is 0. The molecule has 0 amide bonds. The SMILES string of the molecule is NC(CSc1ccc(Cl)cc1)c1sccc1Cl. The first-order valence-electron chi connectivity index (χ1n) is 5.03. The van der Waals surface area contributed by atoms with E-state index in [4.69, 9.17) is 28.9 Å². The van der Waals surface area contributed by atoms with Crippen molar-refractivity contribution in [2.75, 3.05) is 5.75 Å². The Morgan fingerprint density at radius 1 is 1.18 bits per heavy atom. The summed E-state index contributed by atoms with van der Waals surface area (Å²) in [6.07, 6.45) is 0. The normalized spacial score (nSPS) is 12.6. The van der Waals surface area contributed by atoms with Crippen molar-refractivity contribution in [3.8, 4) is 0 Å². The fraction of sp³-hybridized carbons (Fsp3) is 0.167. The molecule has 0 aliphatic carbocycles. The van der Waals surface area contributed by atoms with Crippen molar-refractivity contribution in [1.82, 2.24) is 0 Å². The molecule has 0 saturated heterocycles. The molecule has 0 aliphatic rings. The smallest absolute Gasteiger partial charge is 0.0561 e. The van der Waals surface area contributed by atoms with E-state index in [1.165, 1.54) is 0 Å². The highest BCUT2D eigenvalue weighted by Crippen LogP contribution is 2.31. The fourth-order valence-corrected chi connectivity index (χ4v) is 3.66. The zero-order valence-electron chi connectivity index (χ0n) is 8.90. The lowest BCUT2D eigenvalue weighted by Gasteiger charge is -2.10. The van der Waals surface area contributed by atoms with Crippen molar-refractivity contribution >= 4 is 46.3 Å². The average molecular weight is 304 g/mol. The maximum Gasteiger partial charge on any atom is 0.0561 e. The molecule has 2 N–H and O–H groups in total. The van der Waals surface area contributed by atoms with E-state index < -0.39 is 0 Å². The summed E-state index contributed by atoms with van der Waals surface area (Å²) in [4.78, 5) is 2.21. The number of benzene rings is 1. The summed E-state index contributed by atoms with van der Waals surface area (Å²) in [6, 6.07) is 9.61. The molecule has 1 unspecified atom stereocenters. The molecule has 0 spiro atoms. The molecule has 1 aromatic carbocycles. The number of thioether (sulfide) groups is 1. The predicted molar refractivity (Wildman–Crippen MR) is 78.4 cm³/mol. The van der Waals surface area contributed by atoms with Gasteiger partial charge in [-0.25, -0.2) is 0 Å². The van der Waals surface area contributed by atoms with Gasteiger partial charge in [-0.1, -0.05) is 23.2 Å². The number of thiophene rings is 1. The maximum absolute atomic E-state index is 6.10. The first-order chi connectivity index (χ1) is 8.16. The third kappa shape index (κ3) is 3.63. The predicted octanol–water partition coefficient (Wildman–Crippen LogP) is 4.85. The second kappa shape index (κ2) is 6.12. The zero-order valence-corrected chi connectivity index (χ0v) is 12.0. The number of hydrogen-bond acceptors (Lipinski definition) is 3. The first-order valence-corrected chi connectivity index (χ1v) is 7.66. The van der Waals surface area contributed by atoms with Crippen molar-refractivity contribution < 1.29 is 0 Å². The van der Waals surface area contributed by atoms with Gasteiger partial charge in [0, 0.05) is 26.6 Å². The molecule has 5 heteroatoms. The van der Waals surface area contributed by atoms with Gasteiger partial charge in [0.05, 0.1) is 5.02 Å². The standard InChI is InChI=1S/C12H11Cl2NS2/c13-8-1-3-9(4-2-8)17-7-11(15)12-10(14)5-6-16-12/h1-6,11H,7,15H2. The third-order valence-electron chi connectivity index (χ3n) is 2.22. The van der Waals surface area contributed by atoms with Crippen molar-refractivity contribution in [2.45, 2.75) is 10.9 Å². The topological polar surface area (TPSA) is 26.0 Å². The van der Waals surface area contributed by atoms with Crippen LogP contribution in [-0.2, 0) is 0 Å².